The molecule has 6 heteroatoms. The molecule has 0 aliphatic heterocycles. The van der Waals surface area contributed by atoms with Crippen LogP contribution in [0.5, 0.6) is 5.75 Å². The summed E-state index contributed by atoms with van der Waals surface area (Å²) in [5.74, 6) is 0.147. The van der Waals surface area contributed by atoms with E-state index in [1.54, 1.807) is 45.0 Å². The summed E-state index contributed by atoms with van der Waals surface area (Å²) < 4.78 is 10.6. The first-order chi connectivity index (χ1) is 14.5. The Morgan fingerprint density at radius 2 is 1.52 bits per heavy atom. The summed E-state index contributed by atoms with van der Waals surface area (Å²) in [6, 6.07) is 14.6. The molecule has 0 aliphatic carbocycles. The zero-order valence-corrected chi connectivity index (χ0v) is 19.0. The molecule has 2 aromatic rings. The van der Waals surface area contributed by atoms with E-state index in [-0.39, 0.29) is 31.4 Å². The zero-order valence-electron chi connectivity index (χ0n) is 19.0. The monoisotopic (exact) mass is 427 g/mol. The summed E-state index contributed by atoms with van der Waals surface area (Å²) in [6.45, 7) is 9.87. The second-order valence-electron chi connectivity index (χ2n) is 8.85. The minimum atomic E-state index is -0.799. The number of rotatable bonds is 9. The molecule has 0 bridgehead atoms. The van der Waals surface area contributed by atoms with Gasteiger partial charge in [-0.2, -0.15) is 0 Å². The highest BCUT2D eigenvalue weighted by atomic mass is 16.6. The number of nitrogens with one attached hydrogen (secondary N) is 1. The van der Waals surface area contributed by atoms with Gasteiger partial charge in [0.05, 0.1) is 19.1 Å². The van der Waals surface area contributed by atoms with E-state index in [1.165, 1.54) is 5.56 Å². The average molecular weight is 428 g/mol. The first kappa shape index (κ1) is 24.6. The summed E-state index contributed by atoms with van der Waals surface area (Å²) in [7, 11) is 0. The summed E-state index contributed by atoms with van der Waals surface area (Å²) >= 11 is 0. The van der Waals surface area contributed by atoms with Crippen LogP contribution >= 0.6 is 0 Å². The van der Waals surface area contributed by atoms with Gasteiger partial charge in [-0.3, -0.25) is 9.59 Å². The second-order valence-corrected chi connectivity index (χ2v) is 8.85. The Morgan fingerprint density at radius 1 is 0.935 bits per heavy atom. The molecule has 0 aromatic heterocycles. The van der Waals surface area contributed by atoms with Gasteiger partial charge in [0, 0.05) is 6.54 Å². The molecule has 0 amide bonds. The smallest absolute Gasteiger partial charge is 0.320 e. The fourth-order valence-corrected chi connectivity index (χ4v) is 2.92. The lowest BCUT2D eigenvalue weighted by Crippen LogP contribution is -2.33. The first-order valence-corrected chi connectivity index (χ1v) is 10.5. The molecule has 0 fully saturated rings. The molecule has 6 nitrogen and oxygen atoms in total. The van der Waals surface area contributed by atoms with E-state index in [1.807, 2.05) is 24.3 Å². The van der Waals surface area contributed by atoms with Gasteiger partial charge in [0.25, 0.3) is 0 Å². The molecule has 0 saturated heterocycles. The number of hydrogen-bond donors (Lipinski definition) is 2. The highest BCUT2D eigenvalue weighted by molar-refractivity contribution is 5.75. The molecule has 0 radical (unpaired) electrons. The van der Waals surface area contributed by atoms with Crippen LogP contribution in [0, 0.1) is 0 Å². The first-order valence-electron chi connectivity index (χ1n) is 10.5. The molecule has 2 N–H and O–H groups in total. The highest BCUT2D eigenvalue weighted by Gasteiger charge is 2.16. The van der Waals surface area contributed by atoms with Gasteiger partial charge in [0.15, 0.2) is 0 Å². The van der Waals surface area contributed by atoms with Gasteiger partial charge in [-0.25, -0.2) is 0 Å². The Hall–Kier alpha value is -2.70. The molecule has 0 aliphatic rings. The van der Waals surface area contributed by atoms with Crippen molar-refractivity contribution in [3.8, 4) is 5.75 Å². The highest BCUT2D eigenvalue weighted by Crippen LogP contribution is 2.19. The standard InChI is InChI=1S/C25H33NO5/c1-17(2)19-8-6-18(7-9-19)14-23(28)30-21-12-10-20(11-13-21)22(27)15-26-16-24(29)31-25(3,4)5/h6-13,17,22,26-27H,14-16H2,1-5H3. The van der Waals surface area contributed by atoms with Crippen LogP contribution in [-0.4, -0.2) is 35.7 Å². The van der Waals surface area contributed by atoms with E-state index in [0.29, 0.717) is 17.2 Å². The minimum Gasteiger partial charge on any atom is -0.459 e. The van der Waals surface area contributed by atoms with Crippen LogP contribution in [0.2, 0.25) is 0 Å². The lowest BCUT2D eigenvalue weighted by Gasteiger charge is -2.20. The number of esters is 2. The molecule has 1 unspecified atom stereocenters. The van der Waals surface area contributed by atoms with Crippen LogP contribution in [0.1, 0.15) is 63.3 Å². The van der Waals surface area contributed by atoms with Crippen molar-refractivity contribution in [1.29, 1.82) is 0 Å². The number of carbonyl (C=O) groups excluding carboxylic acids is 2. The van der Waals surface area contributed by atoms with Crippen molar-refractivity contribution in [2.24, 2.45) is 0 Å². The fraction of sp³-hybridized carbons (Fsp3) is 0.440. The predicted molar refractivity (Wildman–Crippen MR) is 120 cm³/mol. The number of carbonyl (C=O) groups is 2. The fourth-order valence-electron chi connectivity index (χ4n) is 2.92. The van der Waals surface area contributed by atoms with Gasteiger partial charge in [-0.05, 0) is 55.5 Å². The van der Waals surface area contributed by atoms with Gasteiger partial charge in [0.1, 0.15) is 11.4 Å². The predicted octanol–water partition coefficient (Wildman–Crippen LogP) is 3.92. The van der Waals surface area contributed by atoms with Crippen molar-refractivity contribution >= 4 is 11.9 Å². The van der Waals surface area contributed by atoms with Crippen LogP contribution in [0.3, 0.4) is 0 Å². The van der Waals surface area contributed by atoms with Crippen LogP contribution < -0.4 is 10.1 Å². The van der Waals surface area contributed by atoms with Crippen LogP contribution in [-0.2, 0) is 20.7 Å². The number of hydrogen-bond acceptors (Lipinski definition) is 6. The van der Waals surface area contributed by atoms with Crippen molar-refractivity contribution < 1.29 is 24.2 Å². The molecule has 168 valence electrons. The van der Waals surface area contributed by atoms with Crippen molar-refractivity contribution in [3.63, 3.8) is 0 Å². The lowest BCUT2D eigenvalue weighted by molar-refractivity contribution is -0.153. The van der Waals surface area contributed by atoms with Crippen LogP contribution in [0.4, 0.5) is 0 Å². The molecular weight excluding hydrogens is 394 g/mol. The Labute approximate surface area is 184 Å². The maximum absolute atomic E-state index is 12.2. The second kappa shape index (κ2) is 11.1. The molecule has 2 rings (SSSR count). The summed E-state index contributed by atoms with van der Waals surface area (Å²) in [5.41, 5.74) is 2.24. The van der Waals surface area contributed by atoms with Crippen LogP contribution in [0.25, 0.3) is 0 Å². The summed E-state index contributed by atoms with van der Waals surface area (Å²) in [4.78, 5) is 23.9. The molecule has 0 spiro atoms. The minimum absolute atomic E-state index is 0.0160. The van der Waals surface area contributed by atoms with Crippen molar-refractivity contribution in [1.82, 2.24) is 5.32 Å². The van der Waals surface area contributed by atoms with E-state index in [0.717, 1.165) is 5.56 Å². The van der Waals surface area contributed by atoms with Crippen molar-refractivity contribution in [2.45, 2.75) is 58.7 Å². The zero-order chi connectivity index (χ0) is 23.0. The molecule has 0 heterocycles. The summed E-state index contributed by atoms with van der Waals surface area (Å²) in [5, 5.41) is 13.2. The van der Waals surface area contributed by atoms with Gasteiger partial charge in [0.2, 0.25) is 0 Å². The normalized spacial score (nSPS) is 12.5. The largest absolute Gasteiger partial charge is 0.459 e. The van der Waals surface area contributed by atoms with Crippen molar-refractivity contribution in [3.05, 3.63) is 65.2 Å². The van der Waals surface area contributed by atoms with Gasteiger partial charge in [-0.1, -0.05) is 50.2 Å². The molecular formula is C25H33NO5. The van der Waals surface area contributed by atoms with E-state index in [2.05, 4.69) is 19.2 Å². The number of benzene rings is 2. The quantitative estimate of drug-likeness (QED) is 0.466. The number of aliphatic hydroxyl groups excluding tert-OH is 1. The maximum atomic E-state index is 12.2. The third-order valence-corrected chi connectivity index (χ3v) is 4.52. The number of aliphatic hydroxyl groups is 1. The number of ether oxygens (including phenoxy) is 2. The molecule has 2 aromatic carbocycles. The van der Waals surface area contributed by atoms with Crippen molar-refractivity contribution in [2.75, 3.05) is 13.1 Å². The van der Waals surface area contributed by atoms with E-state index in [4.69, 9.17) is 9.47 Å². The summed E-state index contributed by atoms with van der Waals surface area (Å²) in [6.07, 6.45) is -0.608. The van der Waals surface area contributed by atoms with E-state index in [9.17, 15) is 14.7 Å². The topological polar surface area (TPSA) is 84.9 Å². The molecule has 31 heavy (non-hydrogen) atoms. The molecule has 0 saturated carbocycles. The van der Waals surface area contributed by atoms with Gasteiger partial charge in [-0.15, -0.1) is 0 Å². The third kappa shape index (κ3) is 8.90. The Morgan fingerprint density at radius 3 is 2.06 bits per heavy atom. The van der Waals surface area contributed by atoms with Crippen LogP contribution in [0.15, 0.2) is 48.5 Å². The van der Waals surface area contributed by atoms with E-state index >= 15 is 0 Å². The maximum Gasteiger partial charge on any atom is 0.320 e. The Kier molecular flexibility index (Phi) is 8.77. The van der Waals surface area contributed by atoms with E-state index < -0.39 is 11.7 Å². The SMILES string of the molecule is CC(C)c1ccc(CC(=O)Oc2ccc(C(O)CNCC(=O)OC(C)(C)C)cc2)cc1. The third-order valence-electron chi connectivity index (χ3n) is 4.52. The Balaban J connectivity index is 1.80. The average Bonchev–Trinajstić information content (AvgIpc) is 2.67. The Bertz CT molecular complexity index is 851. The lowest BCUT2D eigenvalue weighted by atomic mass is 10.0. The van der Waals surface area contributed by atoms with Gasteiger partial charge >= 0.3 is 11.9 Å². The molecule has 1 atom stereocenters. The van der Waals surface area contributed by atoms with Gasteiger partial charge < -0.3 is 19.9 Å².